The van der Waals surface area contributed by atoms with Gasteiger partial charge in [0, 0.05) is 0 Å². The smallest absolute Gasteiger partial charge is 0.197 e. The van der Waals surface area contributed by atoms with Crippen LogP contribution in [-0.4, -0.2) is 8.65 Å². The fraction of sp³-hybridized carbons (Fsp3) is 0.143. The van der Waals surface area contributed by atoms with Crippen molar-refractivity contribution in [1.29, 1.82) is 0 Å². The molecule has 0 saturated heterocycles. The van der Waals surface area contributed by atoms with Crippen molar-refractivity contribution in [1.82, 2.24) is 0 Å². The summed E-state index contributed by atoms with van der Waals surface area (Å²) in [4.78, 5) is 0. The second-order valence-corrected chi connectivity index (χ2v) is 15.3. The molecule has 1 rings (SSSR count). The number of rotatable bonds is 0. The maximum Gasteiger partial charge on any atom is 0.425 e. The van der Waals surface area contributed by atoms with E-state index in [1.54, 1.807) is 0 Å². The van der Waals surface area contributed by atoms with Crippen molar-refractivity contribution in [3.8, 4) is 0 Å². The highest BCUT2D eigenvalue weighted by Crippen LogP contribution is 1.92. The second-order valence-electron chi connectivity index (χ2n) is 1.76. The highest BCUT2D eigenvalue weighted by Gasteiger charge is 1.72. The van der Waals surface area contributed by atoms with E-state index in [2.05, 4.69) is 59.6 Å². The van der Waals surface area contributed by atoms with E-state index < -0.39 is 0 Å². The fourth-order valence-electron chi connectivity index (χ4n) is 0.534. The quantitative estimate of drug-likeness (QED) is 0.484. The number of hydrogen-bond acceptors (Lipinski definition) is 0. The van der Waals surface area contributed by atoms with E-state index in [9.17, 15) is 0 Å². The highest BCUT2D eigenvalue weighted by atomic mass is 127. The Balaban J connectivity index is 0.000000236. The highest BCUT2D eigenvalue weighted by molar-refractivity contribution is 14.3. The van der Waals surface area contributed by atoms with Gasteiger partial charge >= 0.3 is 8.65 Å². The van der Waals surface area contributed by atoms with Crippen LogP contribution < -0.4 is 0 Å². The summed E-state index contributed by atoms with van der Waals surface area (Å²) in [5.41, 5.74) is 1.32. The minimum absolute atomic E-state index is 0.357. The van der Waals surface area contributed by atoms with Crippen LogP contribution in [0.1, 0.15) is 5.56 Å². The molecule has 0 heterocycles. The topological polar surface area (TPSA) is 0 Å². The summed E-state index contributed by atoms with van der Waals surface area (Å²) in [6.45, 7) is 2.08. The largest absolute Gasteiger partial charge is 0.425 e. The van der Waals surface area contributed by atoms with E-state index in [4.69, 9.17) is 0 Å². The molecule has 0 nitrogen and oxygen atoms in total. The van der Waals surface area contributed by atoms with Crippen molar-refractivity contribution >= 4 is 49.2 Å². The van der Waals surface area contributed by atoms with Gasteiger partial charge in [0.2, 0.25) is 0 Å². The molecule has 0 aliphatic carbocycles. The van der Waals surface area contributed by atoms with E-state index in [0.717, 1.165) is 0 Å². The summed E-state index contributed by atoms with van der Waals surface area (Å²) in [6, 6.07) is 10.3. The van der Waals surface area contributed by atoms with E-state index >= 15 is 0 Å². The van der Waals surface area contributed by atoms with E-state index in [-0.39, 0.29) is 0 Å². The van der Waals surface area contributed by atoms with Crippen LogP contribution in [0.25, 0.3) is 0 Å². The molecule has 0 bridgehead atoms. The normalized spacial score (nSPS) is 7.50. The Morgan fingerprint density at radius 2 is 1.50 bits per heavy atom. The minimum atomic E-state index is 0.357. The van der Waals surface area contributed by atoms with Crippen molar-refractivity contribution in [2.24, 2.45) is 0 Å². The van der Waals surface area contributed by atoms with Crippen LogP contribution >= 0.6 is 40.5 Å². The van der Waals surface area contributed by atoms with Crippen molar-refractivity contribution in [3.05, 3.63) is 35.9 Å². The zero-order chi connectivity index (χ0) is 7.82. The molecule has 0 aliphatic rings. The van der Waals surface area contributed by atoms with Gasteiger partial charge in [-0.25, -0.2) is 0 Å². The predicted molar refractivity (Wildman–Crippen MR) is 66.4 cm³/mol. The molecule has 1 aromatic rings. The van der Waals surface area contributed by atoms with Crippen LogP contribution in [0, 0.1) is 6.92 Å². The number of benzene rings is 1. The second kappa shape index (κ2) is 8.31. The molecular formula is C7H9AlI2. The van der Waals surface area contributed by atoms with Crippen LogP contribution in [0.3, 0.4) is 0 Å². The molecule has 0 aromatic heterocycles. The lowest BCUT2D eigenvalue weighted by atomic mass is 10.2. The standard InChI is InChI=1S/C7H8.Al.2HI.H/c1-7-5-3-2-4-6-7;;;;/h2-6H,1H3;;2*1H;/q;+2;;;/p-2. The zero-order valence-corrected chi connectivity index (χ0v) is 11.6. The van der Waals surface area contributed by atoms with Gasteiger partial charge in [0.15, 0.2) is 0 Å². The molecular weight excluding hydrogens is 365 g/mol. The van der Waals surface area contributed by atoms with E-state index in [1.807, 2.05) is 18.2 Å². The molecule has 54 valence electrons. The molecule has 3 heteroatoms. The van der Waals surface area contributed by atoms with Gasteiger partial charge in [0.1, 0.15) is 0 Å². The number of aryl methyl sites for hydroxylation is 1. The van der Waals surface area contributed by atoms with Gasteiger partial charge in [-0.15, -0.1) is 0 Å². The van der Waals surface area contributed by atoms with Crippen LogP contribution in [0.2, 0.25) is 0 Å². The van der Waals surface area contributed by atoms with Crippen molar-refractivity contribution in [2.45, 2.75) is 6.92 Å². The Hall–Kier alpha value is 1.21. The Labute approximate surface area is 90.8 Å². The van der Waals surface area contributed by atoms with Gasteiger partial charge in [-0.05, 0) is 6.92 Å². The lowest BCUT2D eigenvalue weighted by Crippen LogP contribution is -1.62. The summed E-state index contributed by atoms with van der Waals surface area (Å²) in [5, 5.41) is 0. The molecule has 0 fully saturated rings. The lowest BCUT2D eigenvalue weighted by Gasteiger charge is -1.82. The first-order chi connectivity index (χ1) is 4.81. The van der Waals surface area contributed by atoms with Gasteiger partial charge < -0.3 is 0 Å². The molecule has 0 atom stereocenters. The third-order valence-electron chi connectivity index (χ3n) is 0.940. The maximum absolute atomic E-state index is 2.41. The SMILES string of the molecule is Cc1ccccc1.[I][AlH][I]. The Bertz CT molecular complexity index is 153. The van der Waals surface area contributed by atoms with Gasteiger partial charge in [0.05, 0.1) is 0 Å². The summed E-state index contributed by atoms with van der Waals surface area (Å²) in [7, 11) is 0.357. The van der Waals surface area contributed by atoms with Crippen molar-refractivity contribution < 1.29 is 0 Å². The molecule has 0 aliphatic heterocycles. The minimum Gasteiger partial charge on any atom is -0.197 e. The lowest BCUT2D eigenvalue weighted by molar-refractivity contribution is 1.48. The molecule has 10 heavy (non-hydrogen) atoms. The molecule has 0 spiro atoms. The monoisotopic (exact) mass is 374 g/mol. The Kier molecular flexibility index (Phi) is 9.32. The van der Waals surface area contributed by atoms with Crippen LogP contribution in [0.5, 0.6) is 0 Å². The van der Waals surface area contributed by atoms with Gasteiger partial charge in [-0.3, -0.25) is 0 Å². The summed E-state index contributed by atoms with van der Waals surface area (Å²) in [6.07, 6.45) is 0. The van der Waals surface area contributed by atoms with Crippen molar-refractivity contribution in [3.63, 3.8) is 0 Å². The average Bonchev–Trinajstić information content (AvgIpc) is 1.91. The first-order valence-corrected chi connectivity index (χ1v) is 13.2. The zero-order valence-electron chi connectivity index (χ0n) is 5.85. The molecule has 0 radical (unpaired) electrons. The summed E-state index contributed by atoms with van der Waals surface area (Å²) >= 11 is 4.83. The Morgan fingerprint density at radius 1 is 1.10 bits per heavy atom. The molecule has 1 aromatic carbocycles. The number of halogens is 2. The first-order valence-electron chi connectivity index (χ1n) is 2.95. The van der Waals surface area contributed by atoms with Crippen molar-refractivity contribution in [2.75, 3.05) is 0 Å². The molecule has 0 amide bonds. The maximum atomic E-state index is 2.41. The van der Waals surface area contributed by atoms with Crippen LogP contribution in [-0.2, 0) is 0 Å². The number of hydrogen-bond donors (Lipinski definition) is 0. The fourth-order valence-corrected chi connectivity index (χ4v) is 0.534. The molecule has 0 N–H and O–H groups in total. The van der Waals surface area contributed by atoms with Gasteiger partial charge in [-0.2, -0.15) is 40.5 Å². The third kappa shape index (κ3) is 7.32. The van der Waals surface area contributed by atoms with Crippen LogP contribution in [0.15, 0.2) is 30.3 Å². The van der Waals surface area contributed by atoms with E-state index in [0.29, 0.717) is 8.65 Å². The van der Waals surface area contributed by atoms with Gasteiger partial charge in [0.25, 0.3) is 0 Å². The summed E-state index contributed by atoms with van der Waals surface area (Å²) in [5.74, 6) is 0. The average molecular weight is 374 g/mol. The Morgan fingerprint density at radius 3 is 1.70 bits per heavy atom. The van der Waals surface area contributed by atoms with E-state index in [1.165, 1.54) is 5.56 Å². The molecule has 0 unspecified atom stereocenters. The predicted octanol–water partition coefficient (Wildman–Crippen LogP) is 3.12. The molecule has 0 saturated carbocycles. The summed E-state index contributed by atoms with van der Waals surface area (Å²) < 4.78 is 0. The third-order valence-corrected chi connectivity index (χ3v) is 0.940. The van der Waals surface area contributed by atoms with Crippen LogP contribution in [0.4, 0.5) is 0 Å². The van der Waals surface area contributed by atoms with Gasteiger partial charge in [-0.1, -0.05) is 35.9 Å². The first kappa shape index (κ1) is 11.2.